The van der Waals surface area contributed by atoms with Gasteiger partial charge in [0.05, 0.1) is 5.02 Å². The van der Waals surface area contributed by atoms with Crippen LogP contribution in [-0.2, 0) is 6.42 Å². The van der Waals surface area contributed by atoms with Gasteiger partial charge in [-0.15, -0.1) is 0 Å². The minimum Gasteiger partial charge on any atom is -0.384 e. The van der Waals surface area contributed by atoms with Crippen LogP contribution in [0.25, 0.3) is 0 Å². The highest BCUT2D eigenvalue weighted by atomic mass is 35.5. The summed E-state index contributed by atoms with van der Waals surface area (Å²) in [5.41, 5.74) is 2.29. The van der Waals surface area contributed by atoms with Gasteiger partial charge in [0, 0.05) is 5.56 Å². The van der Waals surface area contributed by atoms with Crippen LogP contribution in [0, 0.1) is 5.82 Å². The van der Waals surface area contributed by atoms with Gasteiger partial charge in [0.25, 0.3) is 0 Å². The van der Waals surface area contributed by atoms with E-state index in [1.165, 1.54) is 11.6 Å². The third-order valence-electron chi connectivity index (χ3n) is 2.98. The van der Waals surface area contributed by atoms with Gasteiger partial charge in [0.15, 0.2) is 0 Å². The first-order valence-corrected chi connectivity index (χ1v) is 6.22. The normalized spacial score (nSPS) is 12.4. The van der Waals surface area contributed by atoms with Gasteiger partial charge in [-0.05, 0) is 23.6 Å². The maximum absolute atomic E-state index is 13.3. The van der Waals surface area contributed by atoms with Crippen LogP contribution in [0.15, 0.2) is 42.5 Å². The monoisotopic (exact) mass is 264 g/mol. The predicted molar refractivity (Wildman–Crippen MR) is 71.3 cm³/mol. The van der Waals surface area contributed by atoms with Crippen LogP contribution in [0.4, 0.5) is 4.39 Å². The van der Waals surface area contributed by atoms with E-state index in [0.717, 1.165) is 6.42 Å². The van der Waals surface area contributed by atoms with E-state index in [-0.39, 0.29) is 5.02 Å². The molecule has 3 heteroatoms. The van der Waals surface area contributed by atoms with Gasteiger partial charge in [-0.3, -0.25) is 0 Å². The Hall–Kier alpha value is -1.38. The molecule has 0 saturated carbocycles. The summed E-state index contributed by atoms with van der Waals surface area (Å²) in [7, 11) is 0. The fourth-order valence-corrected chi connectivity index (χ4v) is 2.08. The minimum absolute atomic E-state index is 0.0235. The second-order valence-electron chi connectivity index (χ2n) is 4.14. The number of halogens is 2. The van der Waals surface area contributed by atoms with Crippen molar-refractivity contribution in [2.24, 2.45) is 0 Å². The Labute approximate surface area is 111 Å². The molecule has 2 aromatic rings. The van der Waals surface area contributed by atoms with E-state index in [9.17, 15) is 9.50 Å². The first kappa shape index (κ1) is 13.1. The van der Waals surface area contributed by atoms with E-state index < -0.39 is 11.9 Å². The molecule has 1 N–H and O–H groups in total. The van der Waals surface area contributed by atoms with E-state index in [2.05, 4.69) is 6.92 Å². The molecule has 0 aromatic heterocycles. The lowest BCUT2D eigenvalue weighted by Gasteiger charge is -2.13. The van der Waals surface area contributed by atoms with Gasteiger partial charge in [-0.1, -0.05) is 54.9 Å². The molecule has 0 saturated heterocycles. The number of aliphatic hydroxyl groups is 1. The highest BCUT2D eigenvalue weighted by Crippen LogP contribution is 2.30. The van der Waals surface area contributed by atoms with Crippen molar-refractivity contribution in [3.05, 3.63) is 70.0 Å². The molecular formula is C15H14ClFO. The van der Waals surface area contributed by atoms with Crippen molar-refractivity contribution in [2.45, 2.75) is 19.4 Å². The van der Waals surface area contributed by atoms with E-state index in [1.807, 2.05) is 24.3 Å². The number of benzene rings is 2. The summed E-state index contributed by atoms with van der Waals surface area (Å²) in [5.74, 6) is -0.515. The van der Waals surface area contributed by atoms with E-state index in [4.69, 9.17) is 11.6 Å². The van der Waals surface area contributed by atoms with Crippen LogP contribution in [0.3, 0.4) is 0 Å². The van der Waals surface area contributed by atoms with E-state index >= 15 is 0 Å². The number of aliphatic hydroxyl groups excluding tert-OH is 1. The molecule has 0 aliphatic rings. The van der Waals surface area contributed by atoms with E-state index in [0.29, 0.717) is 11.1 Å². The second kappa shape index (κ2) is 5.51. The topological polar surface area (TPSA) is 20.2 Å². The van der Waals surface area contributed by atoms with Crippen molar-refractivity contribution in [1.82, 2.24) is 0 Å². The Morgan fingerprint density at radius 3 is 2.44 bits per heavy atom. The molecule has 0 spiro atoms. The molecular weight excluding hydrogens is 251 g/mol. The summed E-state index contributed by atoms with van der Waals surface area (Å²) in [6.07, 6.45) is 0.0380. The fraction of sp³-hybridized carbons (Fsp3) is 0.200. The lowest BCUT2D eigenvalue weighted by atomic mass is 10.00. The van der Waals surface area contributed by atoms with Crippen molar-refractivity contribution in [3.8, 4) is 0 Å². The largest absolute Gasteiger partial charge is 0.384 e. The average Bonchev–Trinajstić information content (AvgIpc) is 2.41. The SMILES string of the molecule is CCc1ccc(C(O)c2cccc(F)c2Cl)cc1. The summed E-state index contributed by atoms with van der Waals surface area (Å²) >= 11 is 5.86. The molecule has 1 atom stereocenters. The van der Waals surface area contributed by atoms with Crippen LogP contribution in [0.2, 0.25) is 5.02 Å². The highest BCUT2D eigenvalue weighted by molar-refractivity contribution is 6.31. The zero-order valence-electron chi connectivity index (χ0n) is 10.0. The van der Waals surface area contributed by atoms with Gasteiger partial charge in [0.2, 0.25) is 0 Å². The van der Waals surface area contributed by atoms with Crippen molar-refractivity contribution < 1.29 is 9.50 Å². The molecule has 0 radical (unpaired) electrons. The fourth-order valence-electron chi connectivity index (χ4n) is 1.85. The molecule has 2 rings (SSSR count). The summed E-state index contributed by atoms with van der Waals surface area (Å²) in [6.45, 7) is 2.06. The molecule has 0 aliphatic carbocycles. The Bertz CT molecular complexity index is 537. The predicted octanol–water partition coefficient (Wildman–Crippen LogP) is 4.12. The Balaban J connectivity index is 2.35. The van der Waals surface area contributed by atoms with E-state index in [1.54, 1.807) is 12.1 Å². The number of rotatable bonds is 3. The third-order valence-corrected chi connectivity index (χ3v) is 3.38. The van der Waals surface area contributed by atoms with Gasteiger partial charge in [-0.2, -0.15) is 0 Å². The zero-order valence-corrected chi connectivity index (χ0v) is 10.8. The van der Waals surface area contributed by atoms with Gasteiger partial charge >= 0.3 is 0 Å². The lowest BCUT2D eigenvalue weighted by Crippen LogP contribution is -2.01. The van der Waals surface area contributed by atoms with Crippen molar-refractivity contribution in [1.29, 1.82) is 0 Å². The summed E-state index contributed by atoms with van der Waals surface area (Å²) in [5, 5.41) is 10.2. The van der Waals surface area contributed by atoms with Gasteiger partial charge in [-0.25, -0.2) is 4.39 Å². The second-order valence-corrected chi connectivity index (χ2v) is 4.52. The van der Waals surface area contributed by atoms with Crippen LogP contribution in [-0.4, -0.2) is 5.11 Å². The maximum Gasteiger partial charge on any atom is 0.142 e. The zero-order chi connectivity index (χ0) is 13.1. The number of aryl methyl sites for hydroxylation is 1. The molecule has 0 heterocycles. The molecule has 1 unspecified atom stereocenters. The van der Waals surface area contributed by atoms with Crippen molar-refractivity contribution >= 4 is 11.6 Å². The Morgan fingerprint density at radius 1 is 1.17 bits per heavy atom. The molecule has 0 amide bonds. The van der Waals surface area contributed by atoms with Crippen molar-refractivity contribution in [3.63, 3.8) is 0 Å². The summed E-state index contributed by atoms with van der Waals surface area (Å²) in [6, 6.07) is 12.0. The van der Waals surface area contributed by atoms with Crippen LogP contribution < -0.4 is 0 Å². The number of hydrogen-bond donors (Lipinski definition) is 1. The molecule has 94 valence electrons. The molecule has 2 aromatic carbocycles. The van der Waals surface area contributed by atoms with Crippen LogP contribution in [0.5, 0.6) is 0 Å². The summed E-state index contributed by atoms with van der Waals surface area (Å²) in [4.78, 5) is 0. The standard InChI is InChI=1S/C15H14ClFO/c1-2-10-6-8-11(9-7-10)15(18)12-4-3-5-13(17)14(12)16/h3-9,15,18H,2H2,1H3. The quantitative estimate of drug-likeness (QED) is 0.884. The Kier molecular flexibility index (Phi) is 4.00. The number of hydrogen-bond acceptors (Lipinski definition) is 1. The van der Waals surface area contributed by atoms with Crippen molar-refractivity contribution in [2.75, 3.05) is 0 Å². The highest BCUT2D eigenvalue weighted by Gasteiger charge is 2.15. The smallest absolute Gasteiger partial charge is 0.142 e. The minimum atomic E-state index is -0.904. The molecule has 0 bridgehead atoms. The lowest BCUT2D eigenvalue weighted by molar-refractivity contribution is 0.220. The first-order chi connectivity index (χ1) is 8.63. The molecule has 18 heavy (non-hydrogen) atoms. The average molecular weight is 265 g/mol. The molecule has 0 fully saturated rings. The van der Waals surface area contributed by atoms with Gasteiger partial charge < -0.3 is 5.11 Å². The maximum atomic E-state index is 13.3. The first-order valence-electron chi connectivity index (χ1n) is 5.84. The van der Waals surface area contributed by atoms with Gasteiger partial charge in [0.1, 0.15) is 11.9 Å². The van der Waals surface area contributed by atoms with Crippen LogP contribution in [0.1, 0.15) is 29.7 Å². The molecule has 1 nitrogen and oxygen atoms in total. The van der Waals surface area contributed by atoms with Crippen LogP contribution >= 0.6 is 11.6 Å². The Morgan fingerprint density at radius 2 is 1.83 bits per heavy atom. The molecule has 0 aliphatic heterocycles. The third kappa shape index (κ3) is 2.55. The summed E-state index contributed by atoms with van der Waals surface area (Å²) < 4.78 is 13.3.